The highest BCUT2D eigenvalue weighted by Gasteiger charge is 2.26. The number of aliphatic hydroxyl groups is 1. The Morgan fingerprint density at radius 1 is 1.14 bits per heavy atom. The van der Waals surface area contributed by atoms with Crippen LogP contribution in [0.3, 0.4) is 0 Å². The van der Waals surface area contributed by atoms with E-state index in [1.54, 1.807) is 18.2 Å². The maximum Gasteiger partial charge on any atom is 0.155 e. The maximum atomic E-state index is 11.5. The molecule has 0 saturated heterocycles. The number of aromatic nitrogens is 2. The van der Waals surface area contributed by atoms with Crippen molar-refractivity contribution in [2.24, 2.45) is 0 Å². The van der Waals surface area contributed by atoms with Crippen LogP contribution in [0.15, 0.2) is 48.7 Å². The Morgan fingerprint density at radius 2 is 1.84 bits per heavy atom. The minimum absolute atomic E-state index is 0.0587. The third-order valence-corrected chi connectivity index (χ3v) is 6.96. The van der Waals surface area contributed by atoms with Crippen LogP contribution in [0.2, 0.25) is 5.02 Å². The van der Waals surface area contributed by atoms with Crippen LogP contribution in [0.25, 0.3) is 0 Å². The second-order valence-corrected chi connectivity index (χ2v) is 11.8. The molecule has 3 aromatic rings. The summed E-state index contributed by atoms with van der Waals surface area (Å²) in [5, 5.41) is 19.8. The van der Waals surface area contributed by atoms with Gasteiger partial charge >= 0.3 is 0 Å². The van der Waals surface area contributed by atoms with Crippen LogP contribution >= 0.6 is 11.6 Å². The summed E-state index contributed by atoms with van der Waals surface area (Å²) in [7, 11) is -3.23. The molecular formula is C27H30ClN3O5S. The predicted octanol–water partition coefficient (Wildman–Crippen LogP) is 4.60. The number of halogens is 1. The van der Waals surface area contributed by atoms with Gasteiger partial charge in [0.05, 0.1) is 22.4 Å². The molecule has 0 spiro atoms. The number of hydrogen-bond acceptors (Lipinski definition) is 8. The molecule has 1 aromatic heterocycles. The first-order valence-corrected chi connectivity index (χ1v) is 14.1. The molecule has 3 rings (SSSR count). The Hall–Kier alpha value is -3.19. The molecule has 1 N–H and O–H groups in total. The summed E-state index contributed by atoms with van der Waals surface area (Å²) in [4.78, 5) is 8.25. The van der Waals surface area contributed by atoms with Crippen molar-refractivity contribution < 1.29 is 23.0 Å². The molecule has 1 unspecified atom stereocenters. The summed E-state index contributed by atoms with van der Waals surface area (Å²) in [5.74, 6) is 0.894. The lowest BCUT2D eigenvalue weighted by atomic mass is 9.77. The van der Waals surface area contributed by atoms with E-state index in [9.17, 15) is 18.8 Å². The van der Waals surface area contributed by atoms with Crippen molar-refractivity contribution in [3.05, 3.63) is 81.9 Å². The van der Waals surface area contributed by atoms with Crippen molar-refractivity contribution in [3.63, 3.8) is 0 Å². The van der Waals surface area contributed by atoms with Gasteiger partial charge in [-0.05, 0) is 47.9 Å². The molecule has 2 aromatic carbocycles. The molecule has 0 radical (unpaired) electrons. The molecule has 37 heavy (non-hydrogen) atoms. The molecule has 0 fully saturated rings. The van der Waals surface area contributed by atoms with E-state index in [1.807, 2.05) is 45.0 Å². The molecule has 10 heteroatoms. The monoisotopic (exact) mass is 543 g/mol. The van der Waals surface area contributed by atoms with Crippen molar-refractivity contribution in [3.8, 4) is 17.6 Å². The lowest BCUT2D eigenvalue weighted by molar-refractivity contribution is 0.104. The highest BCUT2D eigenvalue weighted by molar-refractivity contribution is 7.89. The summed E-state index contributed by atoms with van der Waals surface area (Å²) >= 11 is 6.48. The predicted molar refractivity (Wildman–Crippen MR) is 141 cm³/mol. The number of ether oxygens (including phenoxy) is 2. The first-order valence-electron chi connectivity index (χ1n) is 11.7. The first-order chi connectivity index (χ1) is 17.4. The molecule has 1 atom stereocenters. The quantitative estimate of drug-likeness (QED) is 0.372. The maximum absolute atomic E-state index is 11.5. The summed E-state index contributed by atoms with van der Waals surface area (Å²) < 4.78 is 34.5. The molecule has 0 amide bonds. The van der Waals surface area contributed by atoms with Crippen LogP contribution < -0.4 is 9.47 Å². The Bertz CT molecular complexity index is 1390. The number of hydrogen-bond donors (Lipinski definition) is 1. The van der Waals surface area contributed by atoms with E-state index in [4.69, 9.17) is 21.1 Å². The van der Waals surface area contributed by atoms with Crippen LogP contribution in [0.5, 0.6) is 11.5 Å². The lowest BCUT2D eigenvalue weighted by Crippen LogP contribution is -2.20. The molecular weight excluding hydrogens is 514 g/mol. The third-order valence-electron chi connectivity index (χ3n) is 5.89. The molecule has 196 valence electrons. The van der Waals surface area contributed by atoms with E-state index in [1.165, 1.54) is 6.20 Å². The zero-order valence-corrected chi connectivity index (χ0v) is 22.8. The van der Waals surface area contributed by atoms with E-state index in [0.29, 0.717) is 28.5 Å². The second-order valence-electron chi connectivity index (χ2n) is 9.29. The van der Waals surface area contributed by atoms with Gasteiger partial charge in [-0.1, -0.05) is 44.5 Å². The summed E-state index contributed by atoms with van der Waals surface area (Å²) in [5.41, 5.74) is 2.21. The average Bonchev–Trinajstić information content (AvgIpc) is 2.85. The van der Waals surface area contributed by atoms with Crippen LogP contribution in [0, 0.1) is 11.3 Å². The van der Waals surface area contributed by atoms with E-state index in [2.05, 4.69) is 16.0 Å². The molecule has 8 nitrogen and oxygen atoms in total. The largest absolute Gasteiger partial charge is 0.488 e. The zero-order chi connectivity index (χ0) is 27.2. The molecule has 0 bridgehead atoms. The molecule has 0 aliphatic heterocycles. The normalized spacial score (nSPS) is 12.6. The number of benzene rings is 2. The lowest BCUT2D eigenvalue weighted by Gasteiger charge is -2.27. The second kappa shape index (κ2) is 11.9. The van der Waals surface area contributed by atoms with Gasteiger partial charge in [0.15, 0.2) is 15.6 Å². The average molecular weight is 544 g/mol. The fourth-order valence-electron chi connectivity index (χ4n) is 3.60. The Kier molecular flexibility index (Phi) is 9.13. The Balaban J connectivity index is 1.75. The van der Waals surface area contributed by atoms with Crippen molar-refractivity contribution >= 4 is 21.4 Å². The van der Waals surface area contributed by atoms with Gasteiger partial charge < -0.3 is 14.6 Å². The van der Waals surface area contributed by atoms with E-state index >= 15 is 0 Å². The van der Waals surface area contributed by atoms with E-state index in [0.717, 1.165) is 17.4 Å². The molecule has 0 saturated carbocycles. The van der Waals surface area contributed by atoms with Gasteiger partial charge in [0.25, 0.3) is 0 Å². The number of aliphatic hydroxyl groups excluding tert-OH is 1. The zero-order valence-electron chi connectivity index (χ0n) is 21.2. The standard InChI is InChI=1S/C27H30ClN3O5S/c1-5-22(32)16-36-26-18(14-29)12-20(13-24(26)28)27(2,3)19-6-8-23(9-7-19)35-15-21-10-11-30-25(31-21)17-37(4,33)34/h6-13,22,32H,5,15-17H2,1-4H3. The van der Waals surface area contributed by atoms with Crippen LogP contribution in [-0.2, 0) is 27.6 Å². The molecule has 1 heterocycles. The fraction of sp³-hybridized carbons (Fsp3) is 0.370. The minimum Gasteiger partial charge on any atom is -0.488 e. The highest BCUT2D eigenvalue weighted by atomic mass is 35.5. The van der Waals surface area contributed by atoms with Crippen molar-refractivity contribution in [2.45, 2.75) is 51.1 Å². The SMILES string of the molecule is CCC(O)COc1c(Cl)cc(C(C)(C)c2ccc(OCc3ccnc(CS(C)(=O)=O)n3)cc2)cc1C#N. The van der Waals surface area contributed by atoms with Gasteiger partial charge in [-0.25, -0.2) is 18.4 Å². The molecule has 0 aliphatic rings. The van der Waals surface area contributed by atoms with Crippen LogP contribution in [0.4, 0.5) is 0 Å². The van der Waals surface area contributed by atoms with Crippen molar-refractivity contribution in [2.75, 3.05) is 12.9 Å². The van der Waals surface area contributed by atoms with E-state index in [-0.39, 0.29) is 30.5 Å². The smallest absolute Gasteiger partial charge is 0.155 e. The van der Waals surface area contributed by atoms with Gasteiger partial charge in [-0.15, -0.1) is 0 Å². The van der Waals surface area contributed by atoms with E-state index < -0.39 is 21.4 Å². The fourth-order valence-corrected chi connectivity index (χ4v) is 4.48. The van der Waals surface area contributed by atoms with Crippen molar-refractivity contribution in [1.29, 1.82) is 5.26 Å². The number of nitrogens with zero attached hydrogens (tertiary/aromatic N) is 3. The minimum atomic E-state index is -3.23. The topological polar surface area (TPSA) is 122 Å². The van der Waals surface area contributed by atoms with Crippen LogP contribution in [-0.4, -0.2) is 42.5 Å². The Labute approximate surface area is 222 Å². The summed E-state index contributed by atoms with van der Waals surface area (Å²) in [6.07, 6.45) is 2.55. The molecule has 0 aliphatic carbocycles. The van der Waals surface area contributed by atoms with Gasteiger partial charge in [0.2, 0.25) is 0 Å². The van der Waals surface area contributed by atoms with Gasteiger partial charge in [-0.2, -0.15) is 5.26 Å². The third kappa shape index (κ3) is 7.65. The van der Waals surface area contributed by atoms with Gasteiger partial charge in [0.1, 0.15) is 36.6 Å². The summed E-state index contributed by atoms with van der Waals surface area (Å²) in [6.45, 7) is 6.12. The van der Waals surface area contributed by atoms with Crippen LogP contribution in [0.1, 0.15) is 55.4 Å². The number of sulfone groups is 1. The summed E-state index contributed by atoms with van der Waals surface area (Å²) in [6, 6.07) is 14.9. The van der Waals surface area contributed by atoms with Crippen molar-refractivity contribution in [1.82, 2.24) is 9.97 Å². The highest BCUT2D eigenvalue weighted by Crippen LogP contribution is 2.38. The first kappa shape index (κ1) is 28.4. The Morgan fingerprint density at radius 3 is 2.46 bits per heavy atom. The van der Waals surface area contributed by atoms with Gasteiger partial charge in [-0.3, -0.25) is 0 Å². The number of rotatable bonds is 11. The number of nitriles is 1. The van der Waals surface area contributed by atoms with Gasteiger partial charge in [0, 0.05) is 17.9 Å².